The Hall–Kier alpha value is -3.64. The summed E-state index contributed by atoms with van der Waals surface area (Å²) in [5, 5.41) is 10.8. The van der Waals surface area contributed by atoms with Gasteiger partial charge in [0, 0.05) is 38.4 Å². The van der Waals surface area contributed by atoms with Gasteiger partial charge in [0.05, 0.1) is 11.1 Å². The van der Waals surface area contributed by atoms with Crippen LogP contribution in [0.3, 0.4) is 0 Å². The molecule has 6 heteroatoms. The number of halogens is 1. The highest BCUT2D eigenvalue weighted by Crippen LogP contribution is 2.42. The van der Waals surface area contributed by atoms with Gasteiger partial charge in [0.15, 0.2) is 5.76 Å². The third kappa shape index (κ3) is 4.17. The number of nitrogens with zero attached hydrogens (tertiary/aromatic N) is 2. The number of piperazine rings is 1. The summed E-state index contributed by atoms with van der Waals surface area (Å²) >= 11 is 0. The van der Waals surface area contributed by atoms with Crippen molar-refractivity contribution in [3.8, 4) is 11.5 Å². The molecule has 174 valence electrons. The van der Waals surface area contributed by atoms with Crippen molar-refractivity contribution >= 4 is 17.5 Å². The fraction of sp³-hybridized carbons (Fsp3) is 0.250. The van der Waals surface area contributed by atoms with Gasteiger partial charge in [0.25, 0.3) is 0 Å². The number of benzene rings is 3. The zero-order valence-electron chi connectivity index (χ0n) is 19.3. The molecule has 2 heterocycles. The van der Waals surface area contributed by atoms with Crippen LogP contribution in [-0.2, 0) is 6.54 Å². The predicted octanol–water partition coefficient (Wildman–Crippen LogP) is 5.09. The Morgan fingerprint density at radius 1 is 1.00 bits per heavy atom. The van der Waals surface area contributed by atoms with E-state index in [0.717, 1.165) is 43.0 Å². The molecule has 1 fully saturated rings. The number of fused-ring (bicyclic) bond motifs is 1. The van der Waals surface area contributed by atoms with Crippen LogP contribution in [0.25, 0.3) is 6.08 Å². The van der Waals surface area contributed by atoms with Crippen LogP contribution in [0.15, 0.2) is 60.4 Å². The minimum atomic E-state index is -0.239. The number of aryl methyl sites for hydroxylation is 2. The molecule has 2 aliphatic rings. The maximum atomic E-state index is 13.2. The summed E-state index contributed by atoms with van der Waals surface area (Å²) in [5.41, 5.74) is 4.85. The number of allylic oxidation sites excluding steroid dienone is 1. The van der Waals surface area contributed by atoms with Gasteiger partial charge >= 0.3 is 0 Å². The van der Waals surface area contributed by atoms with Crippen LogP contribution in [-0.4, -0.2) is 42.0 Å². The predicted molar refractivity (Wildman–Crippen MR) is 131 cm³/mol. The van der Waals surface area contributed by atoms with E-state index in [1.807, 2.05) is 38.1 Å². The molecule has 3 aromatic carbocycles. The monoisotopic (exact) mass is 458 g/mol. The lowest BCUT2D eigenvalue weighted by molar-refractivity contribution is 0.101. The summed E-state index contributed by atoms with van der Waals surface area (Å²) < 4.78 is 19.3. The summed E-state index contributed by atoms with van der Waals surface area (Å²) in [7, 11) is 0. The molecule has 34 heavy (non-hydrogen) atoms. The Morgan fingerprint density at radius 2 is 1.71 bits per heavy atom. The molecule has 0 spiro atoms. The Kier molecular flexibility index (Phi) is 5.84. The lowest BCUT2D eigenvalue weighted by Gasteiger charge is -2.36. The number of anilines is 1. The van der Waals surface area contributed by atoms with Crippen LogP contribution in [0.1, 0.15) is 32.6 Å². The molecular weight excluding hydrogens is 431 g/mol. The molecule has 0 radical (unpaired) electrons. The number of Topliss-reactive ketones (excluding diaryl/α,β-unsaturated/α-hetero) is 1. The Balaban J connectivity index is 1.36. The van der Waals surface area contributed by atoms with E-state index >= 15 is 0 Å². The normalized spacial score (nSPS) is 17.2. The number of carbonyl (C=O) groups excluding carboxylic acids is 1. The standard InChI is InChI=1S/C28H27FN2O3/c1-18-5-3-4-6-20(18)16-25-27(33)26-19(2)15-24(32)23(28(26)34-25)17-30-11-13-31(14-12-30)22-9-7-21(29)8-10-22/h3-10,15-16,32H,11-14,17H2,1-2H3/b25-16-. The molecule has 0 saturated carbocycles. The van der Waals surface area contributed by atoms with Crippen molar-refractivity contribution in [2.24, 2.45) is 0 Å². The maximum Gasteiger partial charge on any atom is 0.232 e. The first-order valence-electron chi connectivity index (χ1n) is 11.5. The zero-order valence-corrected chi connectivity index (χ0v) is 19.3. The van der Waals surface area contributed by atoms with Crippen molar-refractivity contribution in [3.63, 3.8) is 0 Å². The van der Waals surface area contributed by atoms with Gasteiger partial charge in [0.1, 0.15) is 17.3 Å². The highest BCUT2D eigenvalue weighted by molar-refractivity contribution is 6.16. The molecule has 0 aliphatic carbocycles. The molecule has 5 nitrogen and oxygen atoms in total. The Bertz CT molecular complexity index is 1280. The number of hydrogen-bond acceptors (Lipinski definition) is 5. The van der Waals surface area contributed by atoms with Crippen molar-refractivity contribution in [2.75, 3.05) is 31.1 Å². The summed E-state index contributed by atoms with van der Waals surface area (Å²) in [6, 6.07) is 16.0. The molecule has 2 aliphatic heterocycles. The fourth-order valence-corrected chi connectivity index (χ4v) is 4.66. The van der Waals surface area contributed by atoms with Crippen molar-refractivity contribution in [1.29, 1.82) is 0 Å². The van der Waals surface area contributed by atoms with E-state index in [-0.39, 0.29) is 23.1 Å². The average Bonchev–Trinajstić information content (AvgIpc) is 3.15. The van der Waals surface area contributed by atoms with Crippen LogP contribution in [0.5, 0.6) is 11.5 Å². The summed E-state index contributed by atoms with van der Waals surface area (Å²) in [5.74, 6) is 0.487. The largest absolute Gasteiger partial charge is 0.507 e. The smallest absolute Gasteiger partial charge is 0.232 e. The van der Waals surface area contributed by atoms with Crippen molar-refractivity contribution in [3.05, 3.63) is 94.0 Å². The second-order valence-corrected chi connectivity index (χ2v) is 8.93. The first-order valence-corrected chi connectivity index (χ1v) is 11.5. The van der Waals surface area contributed by atoms with E-state index in [1.54, 1.807) is 24.3 Å². The van der Waals surface area contributed by atoms with Crippen LogP contribution >= 0.6 is 0 Å². The van der Waals surface area contributed by atoms with Crippen LogP contribution in [0.4, 0.5) is 10.1 Å². The SMILES string of the molecule is Cc1ccccc1/C=C1\Oc2c(CN3CCN(c4ccc(F)cc4)CC3)c(O)cc(C)c2C1=O. The van der Waals surface area contributed by atoms with Gasteiger partial charge in [-0.1, -0.05) is 24.3 Å². The van der Waals surface area contributed by atoms with Crippen molar-refractivity contribution in [2.45, 2.75) is 20.4 Å². The van der Waals surface area contributed by atoms with E-state index in [9.17, 15) is 14.3 Å². The van der Waals surface area contributed by atoms with E-state index in [2.05, 4.69) is 9.80 Å². The van der Waals surface area contributed by atoms with Gasteiger partial charge in [-0.15, -0.1) is 0 Å². The molecule has 1 N–H and O–H groups in total. The summed E-state index contributed by atoms with van der Waals surface area (Å²) in [4.78, 5) is 17.6. The number of carbonyl (C=O) groups is 1. The second-order valence-electron chi connectivity index (χ2n) is 8.93. The van der Waals surface area contributed by atoms with Crippen LogP contribution in [0, 0.1) is 19.7 Å². The third-order valence-corrected chi connectivity index (χ3v) is 6.64. The molecule has 5 rings (SSSR count). The highest BCUT2D eigenvalue weighted by atomic mass is 19.1. The number of rotatable bonds is 4. The van der Waals surface area contributed by atoms with Crippen LogP contribution in [0.2, 0.25) is 0 Å². The van der Waals surface area contributed by atoms with Gasteiger partial charge in [0.2, 0.25) is 5.78 Å². The Labute approximate surface area is 198 Å². The molecular formula is C28H27FN2O3. The molecule has 1 saturated heterocycles. The zero-order chi connectivity index (χ0) is 23.8. The van der Waals surface area contributed by atoms with Gasteiger partial charge in [-0.2, -0.15) is 0 Å². The van der Waals surface area contributed by atoms with Crippen molar-refractivity contribution in [1.82, 2.24) is 4.90 Å². The molecule has 0 unspecified atom stereocenters. The third-order valence-electron chi connectivity index (χ3n) is 6.64. The van der Waals surface area contributed by atoms with Gasteiger partial charge in [-0.3, -0.25) is 9.69 Å². The highest BCUT2D eigenvalue weighted by Gasteiger charge is 2.34. The second kappa shape index (κ2) is 8.95. The number of ether oxygens (including phenoxy) is 1. The van der Waals surface area contributed by atoms with E-state index < -0.39 is 0 Å². The van der Waals surface area contributed by atoms with E-state index in [4.69, 9.17) is 4.74 Å². The lowest BCUT2D eigenvalue weighted by Crippen LogP contribution is -2.46. The Morgan fingerprint density at radius 3 is 2.41 bits per heavy atom. The first-order chi connectivity index (χ1) is 16.4. The number of phenols is 1. The average molecular weight is 459 g/mol. The van der Waals surface area contributed by atoms with Gasteiger partial charge < -0.3 is 14.7 Å². The van der Waals surface area contributed by atoms with Crippen LogP contribution < -0.4 is 9.64 Å². The number of hydrogen-bond donors (Lipinski definition) is 1. The summed E-state index contributed by atoms with van der Waals surface area (Å²) in [6.07, 6.45) is 1.78. The molecule has 3 aromatic rings. The fourth-order valence-electron chi connectivity index (χ4n) is 4.66. The maximum absolute atomic E-state index is 13.2. The molecule has 0 aromatic heterocycles. The lowest BCUT2D eigenvalue weighted by atomic mass is 9.98. The van der Waals surface area contributed by atoms with Gasteiger partial charge in [-0.05, 0) is 66.9 Å². The number of ketones is 1. The first kappa shape index (κ1) is 22.2. The number of phenolic OH excluding ortho intramolecular Hbond substituents is 1. The summed E-state index contributed by atoms with van der Waals surface area (Å²) in [6.45, 7) is 7.43. The molecule has 0 amide bonds. The topological polar surface area (TPSA) is 53.0 Å². The quantitative estimate of drug-likeness (QED) is 0.552. The number of aromatic hydroxyl groups is 1. The van der Waals surface area contributed by atoms with Crippen molar-refractivity contribution < 1.29 is 19.0 Å². The van der Waals surface area contributed by atoms with E-state index in [0.29, 0.717) is 29.0 Å². The minimum Gasteiger partial charge on any atom is -0.507 e. The van der Waals surface area contributed by atoms with E-state index in [1.165, 1.54) is 12.1 Å². The molecule has 0 atom stereocenters. The minimum absolute atomic E-state index is 0.141. The van der Waals surface area contributed by atoms with Gasteiger partial charge in [-0.25, -0.2) is 4.39 Å². The molecule has 0 bridgehead atoms.